The van der Waals surface area contributed by atoms with Crippen LogP contribution in [0.25, 0.3) is 22.5 Å². The van der Waals surface area contributed by atoms with Gasteiger partial charge in [0.25, 0.3) is 0 Å². The molecule has 0 aliphatic carbocycles. The van der Waals surface area contributed by atoms with Crippen LogP contribution in [0.2, 0.25) is 0 Å². The number of hydrogen-bond acceptors (Lipinski definition) is 4. The second-order valence-corrected chi connectivity index (χ2v) is 12.9. The molecular weight excluding hydrogens is 522 g/mol. The minimum Gasteiger partial charge on any atom is -0.356 e. The number of unbranched alkanes of at least 4 members (excludes halogenated alkanes) is 3. The van der Waals surface area contributed by atoms with Gasteiger partial charge in [-0.05, 0) is 35.8 Å². The normalized spacial score (nSPS) is 12.8. The van der Waals surface area contributed by atoms with Crippen LogP contribution in [0.5, 0.6) is 0 Å². The van der Waals surface area contributed by atoms with Crippen molar-refractivity contribution in [3.8, 4) is 22.5 Å². The Balaban J connectivity index is 1.55. The van der Waals surface area contributed by atoms with E-state index in [2.05, 4.69) is 68.4 Å². The third kappa shape index (κ3) is 8.08. The van der Waals surface area contributed by atoms with Crippen LogP contribution in [0.1, 0.15) is 98.0 Å². The van der Waals surface area contributed by atoms with E-state index in [1.54, 1.807) is 0 Å². The van der Waals surface area contributed by atoms with E-state index in [9.17, 15) is 9.59 Å². The summed E-state index contributed by atoms with van der Waals surface area (Å²) >= 11 is 0. The standard InChI is InChI=1S/C35H49N5O2/c1-6-35(4,5)22-23-36-31(41)20-21-32(42)39-25-27-16-10-11-17-28(27)33-34(29-18-12-13-19-30(29)39)40(38-37-33)24-14-8-7-9-15-26(2)3/h10-13,16-19,26H,6-9,14-15,20-25H2,1-5H3,(H,36,41). The van der Waals surface area contributed by atoms with E-state index in [0.717, 1.165) is 71.9 Å². The Labute approximate surface area is 252 Å². The van der Waals surface area contributed by atoms with Crippen LogP contribution >= 0.6 is 0 Å². The number of amides is 2. The van der Waals surface area contributed by atoms with Crippen LogP contribution in [-0.2, 0) is 22.7 Å². The number of aromatic nitrogens is 3. The van der Waals surface area contributed by atoms with Crippen molar-refractivity contribution in [3.63, 3.8) is 0 Å². The average Bonchev–Trinajstić information content (AvgIpc) is 3.38. The lowest BCUT2D eigenvalue weighted by molar-refractivity contribution is -0.125. The summed E-state index contributed by atoms with van der Waals surface area (Å²) in [5.41, 5.74) is 5.81. The summed E-state index contributed by atoms with van der Waals surface area (Å²) in [6, 6.07) is 16.2. The van der Waals surface area contributed by atoms with Crippen molar-refractivity contribution in [2.75, 3.05) is 11.4 Å². The first-order valence-electron chi connectivity index (χ1n) is 15.9. The van der Waals surface area contributed by atoms with E-state index in [0.29, 0.717) is 13.1 Å². The monoisotopic (exact) mass is 571 g/mol. The molecule has 2 amide bonds. The Bertz CT molecular complexity index is 1340. The molecule has 0 saturated heterocycles. The maximum absolute atomic E-state index is 13.8. The molecule has 0 atom stereocenters. The first-order chi connectivity index (χ1) is 20.2. The van der Waals surface area contributed by atoms with Gasteiger partial charge >= 0.3 is 0 Å². The number of carbonyl (C=O) groups is 2. The quantitative estimate of drug-likeness (QED) is 0.200. The average molecular weight is 572 g/mol. The molecule has 1 N–H and O–H groups in total. The van der Waals surface area contributed by atoms with Gasteiger partial charge in [-0.3, -0.25) is 9.59 Å². The lowest BCUT2D eigenvalue weighted by atomic mass is 9.86. The number of para-hydroxylation sites is 1. The molecule has 1 aliphatic rings. The van der Waals surface area contributed by atoms with Crippen LogP contribution in [0.4, 0.5) is 5.69 Å². The van der Waals surface area contributed by atoms with Crippen LogP contribution in [0, 0.1) is 11.3 Å². The van der Waals surface area contributed by atoms with Gasteiger partial charge in [-0.25, -0.2) is 4.68 Å². The fourth-order valence-corrected chi connectivity index (χ4v) is 5.52. The molecule has 0 unspecified atom stereocenters. The molecule has 42 heavy (non-hydrogen) atoms. The summed E-state index contributed by atoms with van der Waals surface area (Å²) in [6.07, 6.45) is 8.25. The smallest absolute Gasteiger partial charge is 0.227 e. The zero-order chi connectivity index (χ0) is 30.1. The highest BCUT2D eigenvalue weighted by molar-refractivity contribution is 6.01. The van der Waals surface area contributed by atoms with Gasteiger partial charge in [0.15, 0.2) is 0 Å². The highest BCUT2D eigenvalue weighted by Crippen LogP contribution is 2.41. The predicted molar refractivity (Wildman–Crippen MR) is 171 cm³/mol. The van der Waals surface area contributed by atoms with E-state index in [1.807, 2.05) is 39.9 Å². The molecule has 0 bridgehead atoms. The van der Waals surface area contributed by atoms with Crippen LogP contribution in [0.3, 0.4) is 0 Å². The van der Waals surface area contributed by atoms with Gasteiger partial charge in [0.2, 0.25) is 11.8 Å². The topological polar surface area (TPSA) is 80.1 Å². The third-order valence-electron chi connectivity index (χ3n) is 8.64. The van der Waals surface area contributed by atoms with Gasteiger partial charge in [0.1, 0.15) is 5.69 Å². The van der Waals surface area contributed by atoms with Gasteiger partial charge in [-0.1, -0.05) is 114 Å². The molecule has 0 fully saturated rings. The highest BCUT2D eigenvalue weighted by Gasteiger charge is 2.29. The van der Waals surface area contributed by atoms with Gasteiger partial charge in [0.05, 0.1) is 17.9 Å². The van der Waals surface area contributed by atoms with Crippen molar-refractivity contribution in [1.29, 1.82) is 0 Å². The largest absolute Gasteiger partial charge is 0.356 e. The number of nitrogens with zero attached hydrogens (tertiary/aromatic N) is 4. The number of fused-ring (bicyclic) bond motifs is 5. The molecule has 3 aromatic rings. The van der Waals surface area contributed by atoms with E-state index < -0.39 is 0 Å². The van der Waals surface area contributed by atoms with Crippen molar-refractivity contribution in [2.24, 2.45) is 11.3 Å². The zero-order valence-corrected chi connectivity index (χ0v) is 26.3. The highest BCUT2D eigenvalue weighted by atomic mass is 16.2. The molecule has 4 rings (SSSR count). The second-order valence-electron chi connectivity index (χ2n) is 12.9. The Morgan fingerprint density at radius 2 is 1.67 bits per heavy atom. The van der Waals surface area contributed by atoms with Gasteiger partial charge in [-0.15, -0.1) is 5.10 Å². The predicted octanol–water partition coefficient (Wildman–Crippen LogP) is 7.79. The van der Waals surface area contributed by atoms with Gasteiger partial charge in [-0.2, -0.15) is 0 Å². The Morgan fingerprint density at radius 3 is 2.43 bits per heavy atom. The van der Waals surface area contributed by atoms with Crippen molar-refractivity contribution in [3.05, 3.63) is 54.1 Å². The summed E-state index contributed by atoms with van der Waals surface area (Å²) in [5, 5.41) is 12.3. The van der Waals surface area contributed by atoms with E-state index in [4.69, 9.17) is 0 Å². The fraction of sp³-hybridized carbons (Fsp3) is 0.543. The molecule has 0 radical (unpaired) electrons. The molecule has 0 spiro atoms. The number of nitrogens with one attached hydrogen (secondary N) is 1. The SMILES string of the molecule is CCC(C)(C)CCNC(=O)CCC(=O)N1Cc2ccccc2-c2nnn(CCCCCCC(C)C)c2-c2ccccc21. The van der Waals surface area contributed by atoms with E-state index >= 15 is 0 Å². The van der Waals surface area contributed by atoms with Crippen molar-refractivity contribution in [1.82, 2.24) is 20.3 Å². The van der Waals surface area contributed by atoms with Crippen molar-refractivity contribution < 1.29 is 9.59 Å². The number of aryl methyl sites for hydroxylation is 1. The molecule has 226 valence electrons. The first-order valence-corrected chi connectivity index (χ1v) is 15.9. The van der Waals surface area contributed by atoms with E-state index in [1.165, 1.54) is 19.3 Å². The maximum atomic E-state index is 13.8. The summed E-state index contributed by atoms with van der Waals surface area (Å²) in [6.45, 7) is 13.0. The summed E-state index contributed by atoms with van der Waals surface area (Å²) in [4.78, 5) is 28.3. The second kappa shape index (κ2) is 14.6. The number of benzene rings is 2. The molecule has 7 heteroatoms. The number of anilines is 1. The lowest BCUT2D eigenvalue weighted by Crippen LogP contribution is -2.34. The summed E-state index contributed by atoms with van der Waals surface area (Å²) in [7, 11) is 0. The summed E-state index contributed by atoms with van der Waals surface area (Å²) < 4.78 is 2.02. The Kier molecular flexibility index (Phi) is 10.9. The van der Waals surface area contributed by atoms with Crippen LogP contribution < -0.4 is 10.2 Å². The van der Waals surface area contributed by atoms with Crippen molar-refractivity contribution >= 4 is 17.5 Å². The van der Waals surface area contributed by atoms with Crippen LogP contribution in [0.15, 0.2) is 48.5 Å². The molecule has 7 nitrogen and oxygen atoms in total. The molecule has 0 saturated carbocycles. The molecule has 1 aromatic heterocycles. The molecular formula is C35H49N5O2. The molecule has 2 aromatic carbocycles. The summed E-state index contributed by atoms with van der Waals surface area (Å²) in [5.74, 6) is 0.609. The van der Waals surface area contributed by atoms with Gasteiger partial charge in [0, 0.05) is 37.1 Å². The lowest BCUT2D eigenvalue weighted by Gasteiger charge is -2.29. The first kappa shape index (κ1) is 31.5. The minimum absolute atomic E-state index is 0.0612. The number of carbonyl (C=O) groups excluding carboxylic acids is 2. The minimum atomic E-state index is -0.0751. The van der Waals surface area contributed by atoms with Crippen molar-refractivity contribution in [2.45, 2.75) is 105 Å². The zero-order valence-electron chi connectivity index (χ0n) is 26.3. The maximum Gasteiger partial charge on any atom is 0.227 e. The number of rotatable bonds is 14. The van der Waals surface area contributed by atoms with E-state index in [-0.39, 0.29) is 30.1 Å². The van der Waals surface area contributed by atoms with Gasteiger partial charge < -0.3 is 10.2 Å². The Hall–Kier alpha value is -3.48. The molecule has 1 aliphatic heterocycles. The molecule has 2 heterocycles. The fourth-order valence-electron chi connectivity index (χ4n) is 5.52. The third-order valence-corrected chi connectivity index (χ3v) is 8.64. The number of hydrogen-bond donors (Lipinski definition) is 1. The van der Waals surface area contributed by atoms with Crippen LogP contribution in [-0.4, -0.2) is 33.4 Å². The Morgan fingerprint density at radius 1 is 0.952 bits per heavy atom.